The van der Waals surface area contributed by atoms with Gasteiger partial charge in [-0.3, -0.25) is 4.79 Å². The summed E-state index contributed by atoms with van der Waals surface area (Å²) in [4.78, 5) is 27.6. The highest BCUT2D eigenvalue weighted by Gasteiger charge is 2.42. The lowest BCUT2D eigenvalue weighted by molar-refractivity contribution is -0.150. The summed E-state index contributed by atoms with van der Waals surface area (Å²) in [5.74, 6) is -0.793. The Morgan fingerprint density at radius 1 is 1.42 bits per heavy atom. The van der Waals surface area contributed by atoms with Gasteiger partial charge in [-0.1, -0.05) is 6.92 Å². The third-order valence-electron chi connectivity index (χ3n) is 4.18. The van der Waals surface area contributed by atoms with Crippen LogP contribution >= 0.6 is 0 Å². The zero-order valence-electron chi connectivity index (χ0n) is 11.9. The van der Waals surface area contributed by atoms with E-state index in [1.54, 1.807) is 11.8 Å². The molecule has 0 bridgehead atoms. The summed E-state index contributed by atoms with van der Waals surface area (Å²) in [5.41, 5.74) is -0.782. The lowest BCUT2D eigenvalue weighted by atomic mass is 9.82. The molecule has 0 aromatic rings. The van der Waals surface area contributed by atoms with E-state index in [1.165, 1.54) is 0 Å². The number of carbonyl (C=O) groups excluding carboxylic acids is 1. The van der Waals surface area contributed by atoms with Gasteiger partial charge in [0.2, 0.25) is 0 Å². The second-order valence-electron chi connectivity index (χ2n) is 6.10. The molecule has 1 unspecified atom stereocenters. The minimum atomic E-state index is -0.793. The van der Waals surface area contributed by atoms with Crippen LogP contribution in [0.2, 0.25) is 0 Å². The molecule has 1 heterocycles. The first-order valence-electron chi connectivity index (χ1n) is 7.27. The molecular weight excluding hydrogens is 244 g/mol. The van der Waals surface area contributed by atoms with Crippen LogP contribution in [0, 0.1) is 5.41 Å². The van der Waals surface area contributed by atoms with E-state index >= 15 is 0 Å². The quantitative estimate of drug-likeness (QED) is 0.850. The molecule has 1 saturated carbocycles. The summed E-state index contributed by atoms with van der Waals surface area (Å²) >= 11 is 0. The van der Waals surface area contributed by atoms with Crippen molar-refractivity contribution in [3.8, 4) is 0 Å². The van der Waals surface area contributed by atoms with E-state index in [0.717, 1.165) is 32.2 Å². The van der Waals surface area contributed by atoms with Crippen molar-refractivity contribution in [2.45, 2.75) is 52.0 Å². The summed E-state index contributed by atoms with van der Waals surface area (Å²) in [6, 6.07) is 0.432. The van der Waals surface area contributed by atoms with Crippen LogP contribution in [0.15, 0.2) is 0 Å². The van der Waals surface area contributed by atoms with E-state index in [1.807, 2.05) is 4.90 Å². The van der Waals surface area contributed by atoms with E-state index in [0.29, 0.717) is 25.6 Å². The van der Waals surface area contributed by atoms with Crippen molar-refractivity contribution >= 4 is 12.0 Å². The summed E-state index contributed by atoms with van der Waals surface area (Å²) in [5, 5.41) is 9.31. The molecular formula is C14H24N2O3. The van der Waals surface area contributed by atoms with Crippen LogP contribution in [0.25, 0.3) is 0 Å². The van der Waals surface area contributed by atoms with Gasteiger partial charge in [0.15, 0.2) is 0 Å². The van der Waals surface area contributed by atoms with Crippen LogP contribution in [0.4, 0.5) is 4.79 Å². The summed E-state index contributed by atoms with van der Waals surface area (Å²) in [6.45, 7) is 5.63. The second kappa shape index (κ2) is 5.39. The normalized spacial score (nSPS) is 27.2. The Labute approximate surface area is 114 Å². The van der Waals surface area contributed by atoms with Gasteiger partial charge in [-0.05, 0) is 39.0 Å². The molecule has 5 nitrogen and oxygen atoms in total. The zero-order valence-corrected chi connectivity index (χ0v) is 11.9. The predicted octanol–water partition coefficient (Wildman–Crippen LogP) is 2.17. The Morgan fingerprint density at radius 2 is 2.11 bits per heavy atom. The van der Waals surface area contributed by atoms with Crippen molar-refractivity contribution in [3.63, 3.8) is 0 Å². The number of carboxylic acid groups (broad SMARTS) is 1. The van der Waals surface area contributed by atoms with Crippen molar-refractivity contribution in [2.75, 3.05) is 19.6 Å². The van der Waals surface area contributed by atoms with Gasteiger partial charge in [0.25, 0.3) is 0 Å². The maximum absolute atomic E-state index is 12.5. The lowest BCUT2D eigenvalue weighted by Crippen LogP contribution is -2.53. The lowest BCUT2D eigenvalue weighted by Gasteiger charge is -2.40. The Morgan fingerprint density at radius 3 is 2.63 bits per heavy atom. The largest absolute Gasteiger partial charge is 0.481 e. The van der Waals surface area contributed by atoms with E-state index < -0.39 is 11.4 Å². The van der Waals surface area contributed by atoms with E-state index in [2.05, 4.69) is 6.92 Å². The Balaban J connectivity index is 2.03. The highest BCUT2D eigenvalue weighted by atomic mass is 16.4. The molecule has 1 N–H and O–H groups in total. The second-order valence-corrected chi connectivity index (χ2v) is 6.10. The van der Waals surface area contributed by atoms with Gasteiger partial charge in [-0.25, -0.2) is 4.79 Å². The van der Waals surface area contributed by atoms with Gasteiger partial charge in [0.1, 0.15) is 0 Å². The third-order valence-corrected chi connectivity index (χ3v) is 4.18. The average Bonchev–Trinajstić information content (AvgIpc) is 3.19. The van der Waals surface area contributed by atoms with Gasteiger partial charge in [-0.15, -0.1) is 0 Å². The maximum atomic E-state index is 12.5. The number of rotatable bonds is 4. The Kier molecular flexibility index (Phi) is 4.02. The molecule has 1 atom stereocenters. The first kappa shape index (κ1) is 14.2. The smallest absolute Gasteiger partial charge is 0.320 e. The van der Waals surface area contributed by atoms with Crippen LogP contribution in [0.5, 0.6) is 0 Å². The molecule has 2 rings (SSSR count). The number of piperidine rings is 1. The SMILES string of the molecule is CCCN(C(=O)N1CCCC(C)(C(=O)O)C1)C1CC1. The molecule has 2 fully saturated rings. The third kappa shape index (κ3) is 3.01. The number of carbonyl (C=O) groups is 2. The standard InChI is InChI=1S/C14H24N2O3/c1-3-8-16(11-5-6-11)13(19)15-9-4-7-14(2,10-15)12(17)18/h11H,3-10H2,1-2H3,(H,17,18). The molecule has 2 amide bonds. The van der Waals surface area contributed by atoms with Crippen LogP contribution in [-0.2, 0) is 4.79 Å². The van der Waals surface area contributed by atoms with E-state index in [-0.39, 0.29) is 6.03 Å². The zero-order chi connectivity index (χ0) is 14.0. The monoisotopic (exact) mass is 268 g/mol. The fraction of sp³-hybridized carbons (Fsp3) is 0.857. The number of hydrogen-bond acceptors (Lipinski definition) is 2. The summed E-state index contributed by atoms with van der Waals surface area (Å²) < 4.78 is 0. The number of aliphatic carboxylic acids is 1. The number of amides is 2. The van der Waals surface area contributed by atoms with Crippen LogP contribution in [0.3, 0.4) is 0 Å². The molecule has 0 aromatic carbocycles. The predicted molar refractivity (Wildman–Crippen MR) is 72.0 cm³/mol. The van der Waals surface area contributed by atoms with Gasteiger partial charge < -0.3 is 14.9 Å². The molecule has 108 valence electrons. The van der Waals surface area contributed by atoms with Crippen LogP contribution in [-0.4, -0.2) is 52.6 Å². The van der Waals surface area contributed by atoms with Crippen molar-refractivity contribution in [3.05, 3.63) is 0 Å². The molecule has 1 saturated heterocycles. The van der Waals surface area contributed by atoms with Crippen molar-refractivity contribution in [1.82, 2.24) is 9.80 Å². The van der Waals surface area contributed by atoms with Crippen molar-refractivity contribution < 1.29 is 14.7 Å². The molecule has 0 spiro atoms. The summed E-state index contributed by atoms with van der Waals surface area (Å²) in [7, 11) is 0. The molecule has 1 aliphatic heterocycles. The highest BCUT2D eigenvalue weighted by Crippen LogP contribution is 2.33. The Hall–Kier alpha value is -1.26. The maximum Gasteiger partial charge on any atom is 0.320 e. The molecule has 1 aliphatic carbocycles. The minimum Gasteiger partial charge on any atom is -0.481 e. The van der Waals surface area contributed by atoms with Crippen LogP contribution in [0.1, 0.15) is 46.0 Å². The highest BCUT2D eigenvalue weighted by molar-refractivity contribution is 5.79. The van der Waals surface area contributed by atoms with Gasteiger partial charge in [0.05, 0.1) is 5.41 Å². The average molecular weight is 268 g/mol. The van der Waals surface area contributed by atoms with E-state index in [4.69, 9.17) is 0 Å². The molecule has 19 heavy (non-hydrogen) atoms. The van der Waals surface area contributed by atoms with Gasteiger partial charge >= 0.3 is 12.0 Å². The number of urea groups is 1. The molecule has 0 aromatic heterocycles. The number of carboxylic acids is 1. The first-order valence-corrected chi connectivity index (χ1v) is 7.27. The fourth-order valence-electron chi connectivity index (χ4n) is 2.82. The Bertz CT molecular complexity index is 368. The molecule has 0 radical (unpaired) electrons. The van der Waals surface area contributed by atoms with Gasteiger partial charge in [-0.2, -0.15) is 0 Å². The fourth-order valence-corrected chi connectivity index (χ4v) is 2.82. The first-order chi connectivity index (χ1) is 8.98. The van der Waals surface area contributed by atoms with Crippen LogP contribution < -0.4 is 0 Å². The number of nitrogens with zero attached hydrogens (tertiary/aromatic N) is 2. The minimum absolute atomic E-state index is 0.0384. The van der Waals surface area contributed by atoms with Crippen molar-refractivity contribution in [2.24, 2.45) is 5.41 Å². The van der Waals surface area contributed by atoms with Gasteiger partial charge in [0, 0.05) is 25.7 Å². The van der Waals surface area contributed by atoms with E-state index in [9.17, 15) is 14.7 Å². The summed E-state index contributed by atoms with van der Waals surface area (Å²) in [6.07, 6.45) is 4.57. The molecule has 5 heteroatoms. The number of hydrogen-bond donors (Lipinski definition) is 1. The number of likely N-dealkylation sites (tertiary alicyclic amines) is 1. The molecule has 2 aliphatic rings. The van der Waals surface area contributed by atoms with Crippen molar-refractivity contribution in [1.29, 1.82) is 0 Å². The topological polar surface area (TPSA) is 60.9 Å².